The average molecular weight is 270 g/mol. The Balaban J connectivity index is 2.38. The molecular weight excluding hydrogens is 248 g/mol. The van der Waals surface area contributed by atoms with Crippen LogP contribution in [0.4, 0.5) is 5.69 Å². The quantitative estimate of drug-likeness (QED) is 0.841. The molecule has 0 bridgehead atoms. The van der Waals surface area contributed by atoms with E-state index in [1.165, 1.54) is 47.2 Å². The molecule has 0 atom stereocenters. The lowest BCUT2D eigenvalue weighted by Crippen LogP contribution is -2.05. The van der Waals surface area contributed by atoms with Gasteiger partial charge in [0.05, 0.1) is 7.11 Å². The van der Waals surface area contributed by atoms with Crippen molar-refractivity contribution in [1.82, 2.24) is 4.98 Å². The Morgan fingerprint density at radius 3 is 2.70 bits per heavy atom. The first kappa shape index (κ1) is 13.2. The van der Waals surface area contributed by atoms with Gasteiger partial charge in [-0.25, -0.2) is 4.98 Å². The molecule has 1 aromatic carbocycles. The van der Waals surface area contributed by atoms with Gasteiger partial charge in [0.15, 0.2) is 0 Å². The molecule has 3 nitrogen and oxygen atoms in total. The maximum absolute atomic E-state index is 5.51. The van der Waals surface area contributed by atoms with E-state index in [1.54, 1.807) is 7.11 Å². The van der Waals surface area contributed by atoms with Crippen molar-refractivity contribution in [2.45, 2.75) is 39.0 Å². The van der Waals surface area contributed by atoms with Crippen molar-refractivity contribution in [1.29, 1.82) is 0 Å². The van der Waals surface area contributed by atoms with Crippen molar-refractivity contribution in [3.8, 4) is 5.75 Å². The molecule has 1 aliphatic rings. The number of hydrogen-bond acceptors (Lipinski definition) is 3. The summed E-state index contributed by atoms with van der Waals surface area (Å²) in [6.45, 7) is 2.15. The SMILES string of the molecule is CNc1c2c(nc3c(OC)ccc(C)c13)CCCCC2. The Hall–Kier alpha value is -1.77. The highest BCUT2D eigenvalue weighted by molar-refractivity contribution is 5.99. The molecule has 0 spiro atoms. The molecule has 1 aliphatic carbocycles. The van der Waals surface area contributed by atoms with E-state index in [4.69, 9.17) is 9.72 Å². The lowest BCUT2D eigenvalue weighted by molar-refractivity contribution is 0.418. The van der Waals surface area contributed by atoms with E-state index in [9.17, 15) is 0 Å². The molecule has 1 heterocycles. The van der Waals surface area contributed by atoms with Crippen molar-refractivity contribution < 1.29 is 4.74 Å². The summed E-state index contributed by atoms with van der Waals surface area (Å²) >= 11 is 0. The zero-order valence-electron chi connectivity index (χ0n) is 12.5. The molecule has 0 fully saturated rings. The fraction of sp³-hybridized carbons (Fsp3) is 0.471. The third-order valence-corrected chi connectivity index (χ3v) is 4.31. The summed E-state index contributed by atoms with van der Waals surface area (Å²) in [7, 11) is 3.73. The Morgan fingerprint density at radius 1 is 1.15 bits per heavy atom. The lowest BCUT2D eigenvalue weighted by atomic mass is 9.99. The van der Waals surface area contributed by atoms with Crippen molar-refractivity contribution in [3.63, 3.8) is 0 Å². The topological polar surface area (TPSA) is 34.2 Å². The summed E-state index contributed by atoms with van der Waals surface area (Å²) in [6.07, 6.45) is 6.01. The summed E-state index contributed by atoms with van der Waals surface area (Å²) in [5.41, 5.74) is 6.17. The molecule has 1 N–H and O–H groups in total. The second-order valence-electron chi connectivity index (χ2n) is 5.53. The molecule has 0 amide bonds. The minimum absolute atomic E-state index is 0.870. The average Bonchev–Trinajstić information content (AvgIpc) is 2.70. The molecule has 0 unspecified atom stereocenters. The number of ether oxygens (including phenoxy) is 1. The van der Waals surface area contributed by atoms with E-state index in [-0.39, 0.29) is 0 Å². The van der Waals surface area contributed by atoms with Gasteiger partial charge >= 0.3 is 0 Å². The second-order valence-corrected chi connectivity index (χ2v) is 5.53. The van der Waals surface area contributed by atoms with Crippen LogP contribution < -0.4 is 10.1 Å². The summed E-state index contributed by atoms with van der Waals surface area (Å²) in [4.78, 5) is 4.95. The van der Waals surface area contributed by atoms with Gasteiger partial charge in [-0.15, -0.1) is 0 Å². The molecule has 0 saturated heterocycles. The normalized spacial score (nSPS) is 14.8. The highest BCUT2D eigenvalue weighted by Crippen LogP contribution is 2.37. The Labute approximate surface area is 120 Å². The Bertz CT molecular complexity index is 649. The number of fused-ring (bicyclic) bond motifs is 2. The number of anilines is 1. The number of nitrogens with zero attached hydrogens (tertiary/aromatic N) is 1. The molecule has 0 aliphatic heterocycles. The number of hydrogen-bond donors (Lipinski definition) is 1. The lowest BCUT2D eigenvalue weighted by Gasteiger charge is -2.18. The summed E-state index contributed by atoms with van der Waals surface area (Å²) in [6, 6.07) is 4.14. The highest BCUT2D eigenvalue weighted by atomic mass is 16.5. The smallest absolute Gasteiger partial charge is 0.145 e. The van der Waals surface area contributed by atoms with Gasteiger partial charge in [-0.05, 0) is 49.8 Å². The van der Waals surface area contributed by atoms with E-state index in [0.29, 0.717) is 0 Å². The Kier molecular flexibility index (Phi) is 3.51. The van der Waals surface area contributed by atoms with E-state index >= 15 is 0 Å². The fourth-order valence-electron chi connectivity index (χ4n) is 3.28. The number of pyridine rings is 1. The zero-order chi connectivity index (χ0) is 14.1. The second kappa shape index (κ2) is 5.31. The van der Waals surface area contributed by atoms with E-state index in [0.717, 1.165) is 24.1 Å². The van der Waals surface area contributed by atoms with Gasteiger partial charge in [-0.2, -0.15) is 0 Å². The van der Waals surface area contributed by atoms with Crippen LogP contribution in [0.25, 0.3) is 10.9 Å². The fourth-order valence-corrected chi connectivity index (χ4v) is 3.28. The molecule has 3 rings (SSSR count). The minimum atomic E-state index is 0.870. The molecular formula is C17H22N2O. The van der Waals surface area contributed by atoms with E-state index in [1.807, 2.05) is 13.1 Å². The van der Waals surface area contributed by atoms with Crippen molar-refractivity contribution in [2.75, 3.05) is 19.5 Å². The standard InChI is InChI=1S/C17H22N2O/c1-11-9-10-14(20-3)17-15(11)16(18-2)12-7-5-4-6-8-13(12)19-17/h9-10H,4-8H2,1-3H3,(H,18,19). The minimum Gasteiger partial charge on any atom is -0.494 e. The maximum Gasteiger partial charge on any atom is 0.145 e. The van der Waals surface area contributed by atoms with Crippen LogP contribution in [0.1, 0.15) is 36.1 Å². The van der Waals surface area contributed by atoms with Gasteiger partial charge in [0.2, 0.25) is 0 Å². The summed E-state index contributed by atoms with van der Waals surface area (Å²) in [5.74, 6) is 0.870. The molecule has 106 valence electrons. The summed E-state index contributed by atoms with van der Waals surface area (Å²) in [5, 5.41) is 4.64. The van der Waals surface area contributed by atoms with Crippen LogP contribution in [-0.2, 0) is 12.8 Å². The molecule has 20 heavy (non-hydrogen) atoms. The summed E-state index contributed by atoms with van der Waals surface area (Å²) < 4.78 is 5.51. The van der Waals surface area contributed by atoms with Gasteiger partial charge in [0.1, 0.15) is 11.3 Å². The van der Waals surface area contributed by atoms with Gasteiger partial charge in [-0.3, -0.25) is 0 Å². The van der Waals surface area contributed by atoms with Crippen LogP contribution in [0, 0.1) is 6.92 Å². The molecule has 0 saturated carbocycles. The first-order chi connectivity index (χ1) is 9.76. The highest BCUT2D eigenvalue weighted by Gasteiger charge is 2.19. The van der Waals surface area contributed by atoms with Crippen LogP contribution in [0.2, 0.25) is 0 Å². The first-order valence-corrected chi connectivity index (χ1v) is 7.43. The molecule has 0 radical (unpaired) electrons. The third-order valence-electron chi connectivity index (χ3n) is 4.31. The number of aromatic nitrogens is 1. The predicted molar refractivity (Wildman–Crippen MR) is 83.8 cm³/mol. The van der Waals surface area contributed by atoms with Crippen molar-refractivity contribution in [2.24, 2.45) is 0 Å². The number of methoxy groups -OCH3 is 1. The van der Waals surface area contributed by atoms with Gasteiger partial charge in [-0.1, -0.05) is 12.5 Å². The van der Waals surface area contributed by atoms with Gasteiger partial charge in [0.25, 0.3) is 0 Å². The predicted octanol–water partition coefficient (Wildman–Crippen LogP) is 3.86. The third kappa shape index (κ3) is 2.01. The Morgan fingerprint density at radius 2 is 1.95 bits per heavy atom. The number of benzene rings is 1. The van der Waals surface area contributed by atoms with Crippen LogP contribution in [0.3, 0.4) is 0 Å². The first-order valence-electron chi connectivity index (χ1n) is 7.43. The number of aryl methyl sites for hydroxylation is 2. The van der Waals surface area contributed by atoms with Crippen LogP contribution in [-0.4, -0.2) is 19.1 Å². The van der Waals surface area contributed by atoms with E-state index in [2.05, 4.69) is 18.3 Å². The van der Waals surface area contributed by atoms with E-state index < -0.39 is 0 Å². The molecule has 2 aromatic rings. The van der Waals surface area contributed by atoms with Crippen molar-refractivity contribution >= 4 is 16.6 Å². The van der Waals surface area contributed by atoms with Crippen molar-refractivity contribution in [3.05, 3.63) is 29.0 Å². The van der Waals surface area contributed by atoms with Crippen LogP contribution >= 0.6 is 0 Å². The number of nitrogens with one attached hydrogen (secondary N) is 1. The van der Waals surface area contributed by atoms with Gasteiger partial charge in [0, 0.05) is 23.8 Å². The number of rotatable bonds is 2. The van der Waals surface area contributed by atoms with Crippen LogP contribution in [0.15, 0.2) is 12.1 Å². The zero-order valence-corrected chi connectivity index (χ0v) is 12.5. The van der Waals surface area contributed by atoms with Gasteiger partial charge < -0.3 is 10.1 Å². The monoisotopic (exact) mass is 270 g/mol. The van der Waals surface area contributed by atoms with Crippen LogP contribution in [0.5, 0.6) is 5.75 Å². The molecule has 1 aromatic heterocycles. The molecule has 3 heteroatoms. The maximum atomic E-state index is 5.51. The largest absolute Gasteiger partial charge is 0.494 e.